The van der Waals surface area contributed by atoms with E-state index in [0.717, 1.165) is 0 Å². The van der Waals surface area contributed by atoms with Crippen molar-refractivity contribution in [3.8, 4) is 0 Å². The number of amides is 1. The van der Waals surface area contributed by atoms with Crippen LogP contribution >= 0.6 is 0 Å². The van der Waals surface area contributed by atoms with Crippen molar-refractivity contribution in [3.63, 3.8) is 0 Å². The SMILES string of the molecule is Cc1cc(=O)[nH]c([C@@H]2CN(C(=O)c3cn(C)cn3)CCO2)n1. The van der Waals surface area contributed by atoms with E-state index in [2.05, 4.69) is 15.0 Å². The van der Waals surface area contributed by atoms with Crippen LogP contribution in [0.4, 0.5) is 0 Å². The van der Waals surface area contributed by atoms with E-state index in [4.69, 9.17) is 4.74 Å². The molecule has 8 nitrogen and oxygen atoms in total. The summed E-state index contributed by atoms with van der Waals surface area (Å²) in [5.41, 5.74) is 0.795. The zero-order chi connectivity index (χ0) is 15.7. The molecular formula is C14H17N5O3. The maximum absolute atomic E-state index is 12.4. The average Bonchev–Trinajstić information content (AvgIpc) is 2.92. The lowest BCUT2D eigenvalue weighted by Gasteiger charge is -2.32. The lowest BCUT2D eigenvalue weighted by molar-refractivity contribution is -0.0271. The fourth-order valence-corrected chi connectivity index (χ4v) is 2.44. The minimum absolute atomic E-state index is 0.149. The van der Waals surface area contributed by atoms with Gasteiger partial charge in [-0.2, -0.15) is 0 Å². The van der Waals surface area contributed by atoms with Crippen LogP contribution in [0.2, 0.25) is 0 Å². The number of carbonyl (C=O) groups excluding carboxylic acids is 1. The number of nitrogens with zero attached hydrogens (tertiary/aromatic N) is 4. The van der Waals surface area contributed by atoms with Crippen LogP contribution in [0.25, 0.3) is 0 Å². The van der Waals surface area contributed by atoms with Crippen molar-refractivity contribution >= 4 is 5.91 Å². The standard InChI is InChI=1S/C14H17N5O3/c1-9-5-12(20)17-13(16-9)11-7-19(3-4-22-11)14(21)10-6-18(2)8-15-10/h5-6,8,11H,3-4,7H2,1-2H3,(H,16,17,20)/t11-/m0/s1. The normalized spacial score (nSPS) is 18.5. The number of carbonyl (C=O) groups is 1. The lowest BCUT2D eigenvalue weighted by Crippen LogP contribution is -2.43. The summed E-state index contributed by atoms with van der Waals surface area (Å²) < 4.78 is 7.37. The van der Waals surface area contributed by atoms with Crippen LogP contribution in [0.5, 0.6) is 0 Å². The minimum Gasteiger partial charge on any atom is -0.367 e. The number of aryl methyl sites for hydroxylation is 2. The van der Waals surface area contributed by atoms with Crippen molar-refractivity contribution in [1.82, 2.24) is 24.4 Å². The quantitative estimate of drug-likeness (QED) is 0.844. The van der Waals surface area contributed by atoms with Gasteiger partial charge in [0.05, 0.1) is 19.5 Å². The van der Waals surface area contributed by atoms with Gasteiger partial charge in [0.15, 0.2) is 0 Å². The Balaban J connectivity index is 1.79. The topological polar surface area (TPSA) is 93.1 Å². The number of hydrogen-bond donors (Lipinski definition) is 1. The Kier molecular flexibility index (Phi) is 3.76. The van der Waals surface area contributed by atoms with Crippen molar-refractivity contribution in [2.75, 3.05) is 19.7 Å². The molecule has 2 aromatic heterocycles. The lowest BCUT2D eigenvalue weighted by atomic mass is 10.2. The maximum Gasteiger partial charge on any atom is 0.274 e. The fourth-order valence-electron chi connectivity index (χ4n) is 2.44. The summed E-state index contributed by atoms with van der Waals surface area (Å²) in [7, 11) is 1.81. The highest BCUT2D eigenvalue weighted by Gasteiger charge is 2.28. The van der Waals surface area contributed by atoms with Crippen molar-refractivity contribution in [1.29, 1.82) is 0 Å². The first kappa shape index (κ1) is 14.5. The Morgan fingerprint density at radius 1 is 1.50 bits per heavy atom. The Hall–Kier alpha value is -2.48. The van der Waals surface area contributed by atoms with Gasteiger partial charge >= 0.3 is 0 Å². The van der Waals surface area contributed by atoms with Crippen molar-refractivity contribution < 1.29 is 9.53 Å². The number of ether oxygens (including phenoxy) is 1. The molecule has 1 saturated heterocycles. The van der Waals surface area contributed by atoms with Gasteiger partial charge in [0, 0.05) is 31.5 Å². The van der Waals surface area contributed by atoms with Crippen LogP contribution in [-0.2, 0) is 11.8 Å². The van der Waals surface area contributed by atoms with Gasteiger partial charge in [0.1, 0.15) is 17.6 Å². The van der Waals surface area contributed by atoms with E-state index in [-0.39, 0.29) is 11.5 Å². The first-order valence-electron chi connectivity index (χ1n) is 6.99. The smallest absolute Gasteiger partial charge is 0.274 e. The molecule has 1 aliphatic heterocycles. The van der Waals surface area contributed by atoms with Gasteiger partial charge in [-0.3, -0.25) is 9.59 Å². The molecular weight excluding hydrogens is 286 g/mol. The molecule has 0 bridgehead atoms. The van der Waals surface area contributed by atoms with Crippen LogP contribution in [0.1, 0.15) is 28.1 Å². The summed E-state index contributed by atoms with van der Waals surface area (Å²) in [5.74, 6) is 0.299. The van der Waals surface area contributed by atoms with Crippen LogP contribution in [0.3, 0.4) is 0 Å². The fraction of sp³-hybridized carbons (Fsp3) is 0.429. The van der Waals surface area contributed by atoms with Crippen molar-refractivity contribution in [2.45, 2.75) is 13.0 Å². The molecule has 1 N–H and O–H groups in total. The summed E-state index contributed by atoms with van der Waals surface area (Å²) in [6.45, 7) is 2.96. The van der Waals surface area contributed by atoms with Crippen LogP contribution in [0.15, 0.2) is 23.4 Å². The molecule has 1 atom stereocenters. The van der Waals surface area contributed by atoms with Gasteiger partial charge in [-0.15, -0.1) is 0 Å². The Labute approximate surface area is 126 Å². The van der Waals surface area contributed by atoms with Gasteiger partial charge in [0.2, 0.25) is 0 Å². The third-order valence-electron chi connectivity index (χ3n) is 3.47. The number of H-pyrrole nitrogens is 1. The third-order valence-corrected chi connectivity index (χ3v) is 3.47. The highest BCUT2D eigenvalue weighted by Crippen LogP contribution is 2.19. The minimum atomic E-state index is -0.436. The molecule has 3 rings (SSSR count). The second-order valence-electron chi connectivity index (χ2n) is 5.31. The summed E-state index contributed by atoms with van der Waals surface area (Å²) in [6.07, 6.45) is 2.83. The molecule has 0 unspecified atom stereocenters. The molecule has 22 heavy (non-hydrogen) atoms. The zero-order valence-corrected chi connectivity index (χ0v) is 12.4. The number of rotatable bonds is 2. The molecule has 0 aromatic carbocycles. The Morgan fingerprint density at radius 2 is 2.32 bits per heavy atom. The van der Waals surface area contributed by atoms with Gasteiger partial charge in [-0.1, -0.05) is 0 Å². The number of hydrogen-bond acceptors (Lipinski definition) is 5. The molecule has 1 fully saturated rings. The number of morpholine rings is 1. The predicted molar refractivity (Wildman–Crippen MR) is 77.4 cm³/mol. The van der Waals surface area contributed by atoms with Gasteiger partial charge < -0.3 is 19.2 Å². The van der Waals surface area contributed by atoms with Crippen molar-refractivity contribution in [2.24, 2.45) is 7.05 Å². The Bertz CT molecular complexity index is 751. The molecule has 0 aliphatic carbocycles. The summed E-state index contributed by atoms with van der Waals surface area (Å²) in [6, 6.07) is 1.42. The van der Waals surface area contributed by atoms with E-state index < -0.39 is 6.10 Å². The monoisotopic (exact) mass is 303 g/mol. The highest BCUT2D eigenvalue weighted by atomic mass is 16.5. The average molecular weight is 303 g/mol. The molecule has 1 aliphatic rings. The van der Waals surface area contributed by atoms with E-state index in [1.165, 1.54) is 6.07 Å². The van der Waals surface area contributed by atoms with E-state index >= 15 is 0 Å². The first-order valence-corrected chi connectivity index (χ1v) is 6.99. The molecule has 0 saturated carbocycles. The zero-order valence-electron chi connectivity index (χ0n) is 12.4. The van der Waals surface area contributed by atoms with E-state index in [1.54, 1.807) is 28.9 Å². The van der Waals surface area contributed by atoms with E-state index in [0.29, 0.717) is 36.9 Å². The van der Waals surface area contributed by atoms with Crippen LogP contribution in [0, 0.1) is 6.92 Å². The number of aromatic amines is 1. The highest BCUT2D eigenvalue weighted by molar-refractivity contribution is 5.92. The maximum atomic E-state index is 12.4. The van der Waals surface area contributed by atoms with Crippen LogP contribution in [-0.4, -0.2) is 50.0 Å². The van der Waals surface area contributed by atoms with Crippen molar-refractivity contribution in [3.05, 3.63) is 46.2 Å². The van der Waals surface area contributed by atoms with Gasteiger partial charge in [0.25, 0.3) is 11.5 Å². The van der Waals surface area contributed by atoms with E-state index in [1.807, 2.05) is 7.05 Å². The molecule has 0 radical (unpaired) electrons. The third kappa shape index (κ3) is 2.91. The first-order chi connectivity index (χ1) is 10.5. The molecule has 8 heteroatoms. The Morgan fingerprint density at radius 3 is 3.00 bits per heavy atom. The number of imidazole rings is 1. The summed E-state index contributed by atoms with van der Waals surface area (Å²) in [4.78, 5) is 36.7. The van der Waals surface area contributed by atoms with Gasteiger partial charge in [-0.05, 0) is 6.92 Å². The molecule has 3 heterocycles. The summed E-state index contributed by atoms with van der Waals surface area (Å²) >= 11 is 0. The largest absolute Gasteiger partial charge is 0.367 e. The van der Waals surface area contributed by atoms with E-state index in [9.17, 15) is 9.59 Å². The number of aromatic nitrogens is 4. The predicted octanol–water partition coefficient (Wildman–Crippen LogP) is 0.0255. The van der Waals surface area contributed by atoms with Crippen LogP contribution < -0.4 is 5.56 Å². The molecule has 0 spiro atoms. The summed E-state index contributed by atoms with van der Waals surface area (Å²) in [5, 5.41) is 0. The molecule has 2 aromatic rings. The number of nitrogens with one attached hydrogen (secondary N) is 1. The van der Waals surface area contributed by atoms with Gasteiger partial charge in [-0.25, -0.2) is 9.97 Å². The molecule has 116 valence electrons. The second-order valence-corrected chi connectivity index (χ2v) is 5.31. The second kappa shape index (κ2) is 5.72. The molecule has 1 amide bonds.